The van der Waals surface area contributed by atoms with E-state index in [2.05, 4.69) is 22.9 Å². The number of unbranched alkanes of at least 4 members (excludes halogenated alkanes) is 1. The Balaban J connectivity index is 3.07. The van der Waals surface area contributed by atoms with Crippen molar-refractivity contribution in [1.82, 2.24) is 4.31 Å². The van der Waals surface area contributed by atoms with Crippen LogP contribution in [0.15, 0.2) is 23.1 Å². The molecule has 0 aromatic heterocycles. The number of aryl methyl sites for hydroxylation is 2. The van der Waals surface area contributed by atoms with Crippen molar-refractivity contribution in [3.05, 3.63) is 29.3 Å². The molecule has 1 aromatic rings. The van der Waals surface area contributed by atoms with Gasteiger partial charge in [0.25, 0.3) is 0 Å². The van der Waals surface area contributed by atoms with Gasteiger partial charge in [-0.2, -0.15) is 4.31 Å². The molecule has 0 bridgehead atoms. The molecule has 0 atom stereocenters. The van der Waals surface area contributed by atoms with Gasteiger partial charge in [0.05, 0.1) is 4.90 Å². The van der Waals surface area contributed by atoms with E-state index < -0.39 is 10.0 Å². The fourth-order valence-electron chi connectivity index (χ4n) is 1.80. The van der Waals surface area contributed by atoms with Crippen molar-refractivity contribution in [3.8, 4) is 0 Å². The molecule has 0 fully saturated rings. The van der Waals surface area contributed by atoms with Gasteiger partial charge in [-0.15, -0.1) is 0 Å². The molecule has 0 N–H and O–H groups in total. The van der Waals surface area contributed by atoms with Gasteiger partial charge in [-0.3, -0.25) is 0 Å². The van der Waals surface area contributed by atoms with E-state index in [1.54, 1.807) is 16.4 Å². The summed E-state index contributed by atoms with van der Waals surface area (Å²) in [6.07, 6.45) is 1.87. The molecule has 5 heteroatoms. The van der Waals surface area contributed by atoms with Crippen molar-refractivity contribution in [2.24, 2.45) is 0 Å². The number of alkyl halides is 1. The predicted molar refractivity (Wildman–Crippen MR) is 83.4 cm³/mol. The maximum atomic E-state index is 12.6. The fourth-order valence-corrected chi connectivity index (χ4v) is 4.03. The lowest BCUT2D eigenvalue weighted by molar-refractivity contribution is 0.422. The van der Waals surface area contributed by atoms with Crippen LogP contribution in [0.5, 0.6) is 0 Å². The zero-order chi connectivity index (χ0) is 14.5. The van der Waals surface area contributed by atoms with Crippen LogP contribution in [0, 0.1) is 13.8 Å². The van der Waals surface area contributed by atoms with Crippen LogP contribution < -0.4 is 0 Å². The van der Waals surface area contributed by atoms with Crippen LogP contribution in [0.1, 0.15) is 30.9 Å². The van der Waals surface area contributed by atoms with Gasteiger partial charge in [0.15, 0.2) is 0 Å². The van der Waals surface area contributed by atoms with Crippen molar-refractivity contribution >= 4 is 26.0 Å². The summed E-state index contributed by atoms with van der Waals surface area (Å²) in [5.74, 6) is 0. The molecule has 0 aliphatic carbocycles. The molecule has 19 heavy (non-hydrogen) atoms. The largest absolute Gasteiger partial charge is 0.243 e. The van der Waals surface area contributed by atoms with Crippen LogP contribution >= 0.6 is 15.9 Å². The van der Waals surface area contributed by atoms with E-state index in [1.807, 2.05) is 19.9 Å². The van der Waals surface area contributed by atoms with E-state index in [0.29, 0.717) is 23.3 Å². The minimum absolute atomic E-state index is 0.396. The van der Waals surface area contributed by atoms with Crippen LogP contribution in [0.25, 0.3) is 0 Å². The van der Waals surface area contributed by atoms with Crippen molar-refractivity contribution in [2.45, 2.75) is 38.5 Å². The maximum Gasteiger partial charge on any atom is 0.243 e. The Kier molecular flexibility index (Phi) is 6.50. The molecule has 0 radical (unpaired) electrons. The Bertz CT molecular complexity index is 514. The lowest BCUT2D eigenvalue weighted by Gasteiger charge is -2.21. The summed E-state index contributed by atoms with van der Waals surface area (Å²) in [5, 5.41) is 0.654. The second-order valence-corrected chi connectivity index (χ2v) is 7.42. The Hall–Kier alpha value is -0.390. The first-order chi connectivity index (χ1) is 8.93. The Morgan fingerprint density at radius 2 is 1.84 bits per heavy atom. The first kappa shape index (κ1) is 16.7. The molecule has 1 aromatic carbocycles. The molecular weight excluding hydrogens is 326 g/mol. The number of nitrogens with zero attached hydrogens (tertiary/aromatic N) is 1. The monoisotopic (exact) mass is 347 g/mol. The molecular formula is C14H22BrNO2S. The zero-order valence-electron chi connectivity index (χ0n) is 11.8. The molecule has 3 nitrogen and oxygen atoms in total. The average Bonchev–Trinajstić information content (AvgIpc) is 2.37. The number of benzene rings is 1. The van der Waals surface area contributed by atoms with E-state index in [0.717, 1.165) is 24.0 Å². The molecule has 0 saturated heterocycles. The lowest BCUT2D eigenvalue weighted by Crippen LogP contribution is -2.33. The molecule has 0 aliphatic rings. The van der Waals surface area contributed by atoms with Gasteiger partial charge in [0, 0.05) is 18.4 Å². The third kappa shape index (κ3) is 4.29. The van der Waals surface area contributed by atoms with Gasteiger partial charge in [0.2, 0.25) is 10.0 Å². The molecule has 0 unspecified atom stereocenters. The molecule has 0 heterocycles. The summed E-state index contributed by atoms with van der Waals surface area (Å²) in [6, 6.07) is 5.33. The maximum absolute atomic E-state index is 12.6. The van der Waals surface area contributed by atoms with Gasteiger partial charge in [-0.25, -0.2) is 8.42 Å². The van der Waals surface area contributed by atoms with E-state index in [1.165, 1.54) is 0 Å². The van der Waals surface area contributed by atoms with E-state index in [4.69, 9.17) is 0 Å². The minimum Gasteiger partial charge on any atom is -0.207 e. The summed E-state index contributed by atoms with van der Waals surface area (Å²) in [7, 11) is -3.37. The summed E-state index contributed by atoms with van der Waals surface area (Å²) in [5.41, 5.74) is 2.12. The third-order valence-electron chi connectivity index (χ3n) is 3.21. The van der Waals surface area contributed by atoms with Gasteiger partial charge in [-0.05, 0) is 43.5 Å². The van der Waals surface area contributed by atoms with Crippen LogP contribution in [0.3, 0.4) is 0 Å². The van der Waals surface area contributed by atoms with Crippen molar-refractivity contribution in [2.75, 3.05) is 18.4 Å². The second-order valence-electron chi connectivity index (χ2n) is 4.69. The SMILES string of the molecule is CCCCN(CCBr)S(=O)(=O)c1ccc(C)c(C)c1. The van der Waals surface area contributed by atoms with E-state index >= 15 is 0 Å². The second kappa shape index (κ2) is 7.41. The summed E-state index contributed by atoms with van der Waals surface area (Å²) in [6.45, 7) is 7.08. The first-order valence-corrected chi connectivity index (χ1v) is 9.13. The molecule has 0 aliphatic heterocycles. The predicted octanol–water partition coefficient (Wildman–Crippen LogP) is 3.49. The van der Waals surface area contributed by atoms with Crippen LogP contribution in [0.4, 0.5) is 0 Å². The Morgan fingerprint density at radius 3 is 2.37 bits per heavy atom. The van der Waals surface area contributed by atoms with Gasteiger partial charge in [-0.1, -0.05) is 35.3 Å². The Morgan fingerprint density at radius 1 is 1.16 bits per heavy atom. The number of sulfonamides is 1. The lowest BCUT2D eigenvalue weighted by atomic mass is 10.1. The number of hydrogen-bond donors (Lipinski definition) is 0. The highest BCUT2D eigenvalue weighted by Crippen LogP contribution is 2.19. The third-order valence-corrected chi connectivity index (χ3v) is 5.46. The van der Waals surface area contributed by atoms with Crippen LogP contribution in [-0.4, -0.2) is 31.1 Å². The van der Waals surface area contributed by atoms with Gasteiger partial charge < -0.3 is 0 Å². The highest BCUT2D eigenvalue weighted by molar-refractivity contribution is 9.09. The highest BCUT2D eigenvalue weighted by Gasteiger charge is 2.23. The van der Waals surface area contributed by atoms with Crippen molar-refractivity contribution < 1.29 is 8.42 Å². The topological polar surface area (TPSA) is 37.4 Å². The summed E-state index contributed by atoms with van der Waals surface area (Å²) >= 11 is 3.33. The molecule has 108 valence electrons. The zero-order valence-corrected chi connectivity index (χ0v) is 14.2. The van der Waals surface area contributed by atoms with Crippen molar-refractivity contribution in [3.63, 3.8) is 0 Å². The van der Waals surface area contributed by atoms with E-state index in [9.17, 15) is 8.42 Å². The minimum atomic E-state index is -3.37. The number of rotatable bonds is 7. The average molecular weight is 348 g/mol. The van der Waals surface area contributed by atoms with Gasteiger partial charge in [0.1, 0.15) is 0 Å². The molecule has 1 rings (SSSR count). The standard InChI is InChI=1S/C14H22BrNO2S/c1-4-5-9-16(10-8-15)19(17,18)14-7-6-12(2)13(3)11-14/h6-7,11H,4-5,8-10H2,1-3H3. The number of halogens is 1. The van der Waals surface area contributed by atoms with Crippen molar-refractivity contribution in [1.29, 1.82) is 0 Å². The summed E-state index contributed by atoms with van der Waals surface area (Å²) in [4.78, 5) is 0.396. The molecule has 0 saturated carbocycles. The normalized spacial score (nSPS) is 12.1. The molecule has 0 spiro atoms. The molecule has 0 amide bonds. The highest BCUT2D eigenvalue weighted by atomic mass is 79.9. The quantitative estimate of drug-likeness (QED) is 0.708. The summed E-state index contributed by atoms with van der Waals surface area (Å²) < 4.78 is 26.8. The fraction of sp³-hybridized carbons (Fsp3) is 0.571. The number of hydrogen-bond acceptors (Lipinski definition) is 2. The van der Waals surface area contributed by atoms with Crippen LogP contribution in [-0.2, 0) is 10.0 Å². The van der Waals surface area contributed by atoms with Crippen LogP contribution in [0.2, 0.25) is 0 Å². The first-order valence-electron chi connectivity index (χ1n) is 6.56. The van der Waals surface area contributed by atoms with E-state index in [-0.39, 0.29) is 0 Å². The Labute approximate surface area is 125 Å². The van der Waals surface area contributed by atoms with Gasteiger partial charge >= 0.3 is 0 Å². The smallest absolute Gasteiger partial charge is 0.207 e.